The van der Waals surface area contributed by atoms with Gasteiger partial charge in [-0.05, 0) is 29.8 Å². The molecule has 0 radical (unpaired) electrons. The largest absolute Gasteiger partial charge is 0.445 e. The summed E-state index contributed by atoms with van der Waals surface area (Å²) in [4.78, 5) is 45.5. The highest BCUT2D eigenvalue weighted by Gasteiger charge is 2.42. The molecule has 0 unspecified atom stereocenters. The fraction of sp³-hybridized carbons (Fsp3) is 0.409. The van der Waals surface area contributed by atoms with Gasteiger partial charge in [-0.25, -0.2) is 9.78 Å². The summed E-state index contributed by atoms with van der Waals surface area (Å²) in [6.07, 6.45) is 0.384. The van der Waals surface area contributed by atoms with Crippen molar-refractivity contribution in [3.8, 4) is 0 Å². The van der Waals surface area contributed by atoms with Crippen molar-refractivity contribution in [2.45, 2.75) is 25.2 Å². The summed E-state index contributed by atoms with van der Waals surface area (Å²) in [5.74, 6) is 0.650. The number of aromatic nitrogens is 1. The van der Waals surface area contributed by atoms with Gasteiger partial charge in [0.25, 0.3) is 5.69 Å². The smallest absolute Gasteiger partial charge is 0.410 e. The van der Waals surface area contributed by atoms with Crippen molar-refractivity contribution < 1.29 is 24.4 Å². The van der Waals surface area contributed by atoms with E-state index >= 15 is 0 Å². The average molecular weight is 455 g/mol. The standard InChI is InChI=1S/C22H25N5O6/c28-18-13-19(21(29)25-11-9-24(10-12-25)20-3-1-2-8-23-20)26(14-18)22(30)33-15-16-4-6-17(7-5-16)27(31)32/h1-8,18-19,28H,9-15H2/t18-,19+/m1/s1. The van der Waals surface area contributed by atoms with Crippen molar-refractivity contribution in [1.29, 1.82) is 0 Å². The van der Waals surface area contributed by atoms with Crippen LogP contribution in [-0.2, 0) is 16.1 Å². The van der Waals surface area contributed by atoms with Crippen molar-refractivity contribution in [2.75, 3.05) is 37.6 Å². The van der Waals surface area contributed by atoms with Crippen molar-refractivity contribution in [3.05, 3.63) is 64.3 Å². The zero-order valence-electron chi connectivity index (χ0n) is 17.9. The molecule has 1 aromatic heterocycles. The van der Waals surface area contributed by atoms with E-state index in [0.717, 1.165) is 5.82 Å². The van der Waals surface area contributed by atoms with Crippen LogP contribution < -0.4 is 4.90 Å². The third-order valence-electron chi connectivity index (χ3n) is 5.87. The fourth-order valence-electron chi connectivity index (χ4n) is 4.10. The number of aliphatic hydroxyl groups is 1. The Morgan fingerprint density at radius 2 is 1.85 bits per heavy atom. The van der Waals surface area contributed by atoms with Gasteiger partial charge < -0.3 is 19.6 Å². The number of carbonyl (C=O) groups excluding carboxylic acids is 2. The first kappa shape index (κ1) is 22.5. The highest BCUT2D eigenvalue weighted by Crippen LogP contribution is 2.23. The zero-order valence-corrected chi connectivity index (χ0v) is 17.9. The third kappa shape index (κ3) is 5.20. The summed E-state index contributed by atoms with van der Waals surface area (Å²) in [5, 5.41) is 20.9. The Kier molecular flexibility index (Phi) is 6.68. The molecule has 0 aliphatic carbocycles. The first-order valence-electron chi connectivity index (χ1n) is 10.7. The predicted octanol–water partition coefficient (Wildman–Crippen LogP) is 1.41. The maximum atomic E-state index is 13.1. The number of likely N-dealkylation sites (tertiary alicyclic amines) is 1. The fourth-order valence-corrected chi connectivity index (χ4v) is 4.10. The minimum absolute atomic E-state index is 0.0173. The molecule has 4 rings (SSSR count). The number of carbonyl (C=O) groups is 2. The SMILES string of the molecule is O=C([C@@H]1C[C@@H](O)CN1C(=O)OCc1ccc([N+](=O)[O-])cc1)N1CCN(c2ccccn2)CC1. The van der Waals surface area contributed by atoms with Gasteiger partial charge in [-0.1, -0.05) is 6.07 Å². The molecule has 11 heteroatoms. The summed E-state index contributed by atoms with van der Waals surface area (Å²) in [5.41, 5.74) is 0.531. The molecule has 2 aliphatic heterocycles. The molecule has 0 bridgehead atoms. The Morgan fingerprint density at radius 3 is 2.48 bits per heavy atom. The molecule has 1 N–H and O–H groups in total. The van der Waals surface area contributed by atoms with Crippen molar-refractivity contribution in [2.24, 2.45) is 0 Å². The van der Waals surface area contributed by atoms with E-state index in [4.69, 9.17) is 4.74 Å². The number of piperazine rings is 1. The molecule has 2 aromatic rings. The Labute approximate surface area is 190 Å². The number of ether oxygens (including phenoxy) is 1. The summed E-state index contributed by atoms with van der Waals surface area (Å²) in [7, 11) is 0. The molecule has 0 spiro atoms. The Bertz CT molecular complexity index is 994. The summed E-state index contributed by atoms with van der Waals surface area (Å²) >= 11 is 0. The van der Waals surface area contributed by atoms with Crippen LogP contribution >= 0.6 is 0 Å². The van der Waals surface area contributed by atoms with Gasteiger partial charge in [0, 0.05) is 50.9 Å². The van der Waals surface area contributed by atoms with Crippen LogP contribution in [0.15, 0.2) is 48.7 Å². The molecule has 2 amide bonds. The van der Waals surface area contributed by atoms with Crippen LogP contribution in [0.1, 0.15) is 12.0 Å². The van der Waals surface area contributed by atoms with E-state index in [2.05, 4.69) is 9.88 Å². The number of pyridine rings is 1. The van der Waals surface area contributed by atoms with Gasteiger partial charge in [-0.15, -0.1) is 0 Å². The van der Waals surface area contributed by atoms with Gasteiger partial charge in [0.15, 0.2) is 0 Å². The molecular formula is C22H25N5O6. The number of amides is 2. The molecule has 174 valence electrons. The van der Waals surface area contributed by atoms with Crippen molar-refractivity contribution in [1.82, 2.24) is 14.8 Å². The Balaban J connectivity index is 1.33. The third-order valence-corrected chi connectivity index (χ3v) is 5.87. The molecule has 0 saturated carbocycles. The number of hydrogen-bond donors (Lipinski definition) is 1. The van der Waals surface area contributed by atoms with Gasteiger partial charge in [0.2, 0.25) is 5.91 Å². The average Bonchev–Trinajstić information content (AvgIpc) is 3.24. The molecule has 1 aromatic carbocycles. The number of nitrogens with zero attached hydrogens (tertiary/aromatic N) is 5. The number of anilines is 1. The Hall–Kier alpha value is -3.73. The second-order valence-corrected chi connectivity index (χ2v) is 8.04. The molecule has 2 saturated heterocycles. The predicted molar refractivity (Wildman–Crippen MR) is 117 cm³/mol. The van der Waals surface area contributed by atoms with Gasteiger partial charge >= 0.3 is 6.09 Å². The number of nitro benzene ring substituents is 1. The van der Waals surface area contributed by atoms with E-state index in [9.17, 15) is 24.8 Å². The zero-order chi connectivity index (χ0) is 23.4. The minimum atomic E-state index is -0.805. The molecule has 2 atom stereocenters. The van der Waals surface area contributed by atoms with E-state index in [1.54, 1.807) is 11.1 Å². The van der Waals surface area contributed by atoms with Gasteiger partial charge in [-0.2, -0.15) is 0 Å². The molecule has 3 heterocycles. The second kappa shape index (κ2) is 9.82. The lowest BCUT2D eigenvalue weighted by Gasteiger charge is -2.37. The normalized spacial score (nSPS) is 20.6. The highest BCUT2D eigenvalue weighted by molar-refractivity contribution is 5.86. The first-order chi connectivity index (χ1) is 15.9. The number of non-ortho nitro benzene ring substituents is 1. The first-order valence-corrected chi connectivity index (χ1v) is 10.7. The number of β-amino-alcohol motifs (C(OH)–C–C–N with tert-alkyl or cyclic N) is 1. The molecule has 33 heavy (non-hydrogen) atoms. The monoisotopic (exact) mass is 455 g/mol. The number of benzene rings is 1. The van der Waals surface area contributed by atoms with Crippen LogP contribution in [-0.4, -0.2) is 81.7 Å². The van der Waals surface area contributed by atoms with Crippen molar-refractivity contribution >= 4 is 23.5 Å². The van der Waals surface area contributed by atoms with E-state index in [-0.39, 0.29) is 31.2 Å². The molecule has 11 nitrogen and oxygen atoms in total. The van der Waals surface area contributed by atoms with Gasteiger partial charge in [0.05, 0.1) is 17.6 Å². The minimum Gasteiger partial charge on any atom is -0.445 e. The quantitative estimate of drug-likeness (QED) is 0.529. The number of hydrogen-bond acceptors (Lipinski definition) is 8. The van der Waals surface area contributed by atoms with Crippen LogP contribution in [0.4, 0.5) is 16.3 Å². The van der Waals surface area contributed by atoms with Gasteiger partial charge in [-0.3, -0.25) is 19.8 Å². The lowest BCUT2D eigenvalue weighted by atomic mass is 10.1. The van der Waals surface area contributed by atoms with Crippen LogP contribution in [0.5, 0.6) is 0 Å². The number of rotatable bonds is 5. The highest BCUT2D eigenvalue weighted by atomic mass is 16.6. The maximum Gasteiger partial charge on any atom is 0.410 e. The lowest BCUT2D eigenvalue weighted by molar-refractivity contribution is -0.384. The van der Waals surface area contributed by atoms with Gasteiger partial charge in [0.1, 0.15) is 18.5 Å². The molecule has 2 fully saturated rings. The Morgan fingerprint density at radius 1 is 1.12 bits per heavy atom. The lowest BCUT2D eigenvalue weighted by Crippen LogP contribution is -2.54. The van der Waals surface area contributed by atoms with E-state index in [1.165, 1.54) is 29.2 Å². The van der Waals surface area contributed by atoms with Crippen LogP contribution in [0.25, 0.3) is 0 Å². The number of nitro groups is 1. The summed E-state index contributed by atoms with van der Waals surface area (Å²) in [6.45, 7) is 2.17. The molecular weight excluding hydrogens is 430 g/mol. The van der Waals surface area contributed by atoms with Crippen molar-refractivity contribution in [3.63, 3.8) is 0 Å². The van der Waals surface area contributed by atoms with Crippen LogP contribution in [0, 0.1) is 10.1 Å². The molecule has 2 aliphatic rings. The number of aliphatic hydroxyl groups excluding tert-OH is 1. The summed E-state index contributed by atoms with van der Waals surface area (Å²) < 4.78 is 5.32. The summed E-state index contributed by atoms with van der Waals surface area (Å²) in [6, 6.07) is 10.6. The van der Waals surface area contributed by atoms with E-state index in [1.807, 2.05) is 18.2 Å². The van der Waals surface area contributed by atoms with E-state index < -0.39 is 23.2 Å². The second-order valence-electron chi connectivity index (χ2n) is 8.04. The maximum absolute atomic E-state index is 13.1. The van der Waals surface area contributed by atoms with Crippen LogP contribution in [0.3, 0.4) is 0 Å². The topological polar surface area (TPSA) is 129 Å². The van der Waals surface area contributed by atoms with Crippen LogP contribution in [0.2, 0.25) is 0 Å². The van der Waals surface area contributed by atoms with E-state index in [0.29, 0.717) is 31.7 Å².